The Bertz CT molecular complexity index is 665. The van der Waals surface area contributed by atoms with E-state index >= 15 is 0 Å². The van der Waals surface area contributed by atoms with Crippen molar-refractivity contribution in [1.29, 1.82) is 0 Å². The van der Waals surface area contributed by atoms with Crippen LogP contribution in [0.5, 0.6) is 0 Å². The van der Waals surface area contributed by atoms with Crippen molar-refractivity contribution in [3.05, 3.63) is 29.6 Å². The van der Waals surface area contributed by atoms with Crippen LogP contribution in [-0.4, -0.2) is 25.4 Å². The first-order valence-corrected chi connectivity index (χ1v) is 6.86. The number of anilines is 1. The summed E-state index contributed by atoms with van der Waals surface area (Å²) in [6, 6.07) is 0. The fourth-order valence-electron chi connectivity index (χ4n) is 1.89. The fourth-order valence-corrected chi connectivity index (χ4v) is 1.89. The summed E-state index contributed by atoms with van der Waals surface area (Å²) in [6.45, 7) is 11.4. The van der Waals surface area contributed by atoms with Crippen molar-refractivity contribution in [2.45, 2.75) is 41.5 Å². The maximum Gasteiger partial charge on any atom is 0.235 e. The van der Waals surface area contributed by atoms with Gasteiger partial charge < -0.3 is 5.32 Å². The highest BCUT2D eigenvalue weighted by Gasteiger charge is 2.21. The molecule has 0 aliphatic heterocycles. The molecule has 0 aliphatic rings. The molecule has 1 N–H and O–H groups in total. The number of carbonyl (C=O) groups is 1. The first-order valence-electron chi connectivity index (χ1n) is 6.86. The Labute approximate surface area is 124 Å². The topological polar surface area (TPSA) is 72.7 Å². The third-order valence-corrected chi connectivity index (χ3v) is 3.29. The fraction of sp³-hybridized carbons (Fsp3) is 0.467. The molecule has 0 radical (unpaired) electrons. The van der Waals surface area contributed by atoms with Gasteiger partial charge in [-0.15, -0.1) is 0 Å². The molecule has 2 heterocycles. The summed E-state index contributed by atoms with van der Waals surface area (Å²) in [6.07, 6.45) is 3.22. The third kappa shape index (κ3) is 3.09. The Morgan fingerprint density at radius 1 is 1.14 bits per heavy atom. The molecule has 0 fully saturated rings. The predicted octanol–water partition coefficient (Wildman–Crippen LogP) is 2.57. The third-order valence-electron chi connectivity index (χ3n) is 3.29. The summed E-state index contributed by atoms with van der Waals surface area (Å²) in [5.41, 5.74) is 2.11. The minimum Gasteiger partial charge on any atom is -0.323 e. The SMILES string of the molecule is Cc1nc(C)n(-c2ncc(NC(=O)C(C)(C)C)cn2)c1C. The van der Waals surface area contributed by atoms with E-state index in [-0.39, 0.29) is 5.91 Å². The number of nitrogens with zero attached hydrogens (tertiary/aromatic N) is 4. The van der Waals surface area contributed by atoms with Gasteiger partial charge in [0.05, 0.1) is 23.8 Å². The van der Waals surface area contributed by atoms with Crippen molar-refractivity contribution in [2.24, 2.45) is 5.41 Å². The summed E-state index contributed by atoms with van der Waals surface area (Å²) in [5, 5.41) is 2.81. The predicted molar refractivity (Wildman–Crippen MR) is 81.4 cm³/mol. The number of nitrogens with one attached hydrogen (secondary N) is 1. The van der Waals surface area contributed by atoms with Crippen LogP contribution < -0.4 is 5.32 Å². The van der Waals surface area contributed by atoms with Gasteiger partial charge >= 0.3 is 0 Å². The van der Waals surface area contributed by atoms with Crippen LogP contribution >= 0.6 is 0 Å². The van der Waals surface area contributed by atoms with Gasteiger partial charge in [-0.25, -0.2) is 15.0 Å². The van der Waals surface area contributed by atoms with E-state index in [4.69, 9.17) is 0 Å². The van der Waals surface area contributed by atoms with Crippen LogP contribution in [0, 0.1) is 26.2 Å². The van der Waals surface area contributed by atoms with Crippen molar-refractivity contribution in [3.63, 3.8) is 0 Å². The molecular formula is C15H21N5O. The molecule has 0 unspecified atom stereocenters. The zero-order valence-electron chi connectivity index (χ0n) is 13.4. The van der Waals surface area contributed by atoms with Crippen molar-refractivity contribution < 1.29 is 4.79 Å². The van der Waals surface area contributed by atoms with E-state index in [1.54, 1.807) is 12.4 Å². The summed E-state index contributed by atoms with van der Waals surface area (Å²) < 4.78 is 1.89. The zero-order valence-corrected chi connectivity index (χ0v) is 13.4. The van der Waals surface area contributed by atoms with Gasteiger partial charge in [0.2, 0.25) is 11.9 Å². The number of rotatable bonds is 2. The average molecular weight is 287 g/mol. The van der Waals surface area contributed by atoms with Crippen molar-refractivity contribution in [2.75, 3.05) is 5.32 Å². The molecule has 0 saturated carbocycles. The van der Waals surface area contributed by atoms with Gasteiger partial charge in [-0.3, -0.25) is 9.36 Å². The molecular weight excluding hydrogens is 266 g/mol. The number of amides is 1. The van der Waals surface area contributed by atoms with E-state index in [9.17, 15) is 4.79 Å². The lowest BCUT2D eigenvalue weighted by Crippen LogP contribution is -2.27. The minimum absolute atomic E-state index is 0.0651. The Hall–Kier alpha value is -2.24. The monoisotopic (exact) mass is 287 g/mol. The number of carbonyl (C=O) groups excluding carboxylic acids is 1. The van der Waals surface area contributed by atoms with Crippen LogP contribution in [0.15, 0.2) is 12.4 Å². The maximum atomic E-state index is 11.9. The quantitative estimate of drug-likeness (QED) is 0.921. The molecule has 6 nitrogen and oxygen atoms in total. The second-order valence-corrected chi connectivity index (χ2v) is 6.14. The second kappa shape index (κ2) is 5.27. The highest BCUT2D eigenvalue weighted by molar-refractivity contribution is 5.94. The molecule has 21 heavy (non-hydrogen) atoms. The summed E-state index contributed by atoms with van der Waals surface area (Å²) >= 11 is 0. The van der Waals surface area contributed by atoms with E-state index in [1.807, 2.05) is 46.1 Å². The first-order chi connectivity index (χ1) is 9.70. The van der Waals surface area contributed by atoms with E-state index in [0.29, 0.717) is 11.6 Å². The highest BCUT2D eigenvalue weighted by Crippen LogP contribution is 2.18. The lowest BCUT2D eigenvalue weighted by molar-refractivity contribution is -0.123. The molecule has 2 aromatic heterocycles. The number of hydrogen-bond acceptors (Lipinski definition) is 4. The first kappa shape index (κ1) is 15.2. The summed E-state index contributed by atoms with van der Waals surface area (Å²) in [5.74, 6) is 1.33. The largest absolute Gasteiger partial charge is 0.323 e. The molecule has 0 aromatic carbocycles. The number of hydrogen-bond donors (Lipinski definition) is 1. The van der Waals surface area contributed by atoms with Crippen LogP contribution in [0.1, 0.15) is 38.0 Å². The Kier molecular flexibility index (Phi) is 3.80. The molecule has 0 bridgehead atoms. The van der Waals surface area contributed by atoms with Crippen molar-refractivity contribution in [3.8, 4) is 5.95 Å². The average Bonchev–Trinajstić information content (AvgIpc) is 2.63. The molecule has 2 rings (SSSR count). The molecule has 0 aliphatic carbocycles. The maximum absolute atomic E-state index is 11.9. The summed E-state index contributed by atoms with van der Waals surface area (Å²) in [7, 11) is 0. The Morgan fingerprint density at radius 3 is 2.14 bits per heavy atom. The normalized spacial score (nSPS) is 11.5. The van der Waals surface area contributed by atoms with Gasteiger partial charge in [0.1, 0.15) is 5.82 Å². The van der Waals surface area contributed by atoms with Gasteiger partial charge in [-0.2, -0.15) is 0 Å². The van der Waals surface area contributed by atoms with Crippen LogP contribution in [0.4, 0.5) is 5.69 Å². The molecule has 0 spiro atoms. The molecule has 112 valence electrons. The number of aryl methyl sites for hydroxylation is 2. The van der Waals surface area contributed by atoms with Crippen LogP contribution in [0.2, 0.25) is 0 Å². The number of imidazole rings is 1. The van der Waals surface area contributed by atoms with Crippen LogP contribution in [0.25, 0.3) is 5.95 Å². The molecule has 0 atom stereocenters. The molecule has 6 heteroatoms. The second-order valence-electron chi connectivity index (χ2n) is 6.14. The molecule has 1 amide bonds. The smallest absolute Gasteiger partial charge is 0.235 e. The lowest BCUT2D eigenvalue weighted by atomic mass is 9.96. The minimum atomic E-state index is -0.451. The van der Waals surface area contributed by atoms with Gasteiger partial charge in [-0.05, 0) is 20.8 Å². The van der Waals surface area contributed by atoms with Crippen LogP contribution in [-0.2, 0) is 4.79 Å². The van der Waals surface area contributed by atoms with Gasteiger partial charge in [-0.1, -0.05) is 20.8 Å². The van der Waals surface area contributed by atoms with Gasteiger partial charge in [0.25, 0.3) is 0 Å². The van der Waals surface area contributed by atoms with Gasteiger partial charge in [0, 0.05) is 11.1 Å². The molecule has 0 saturated heterocycles. The number of aromatic nitrogens is 4. The van der Waals surface area contributed by atoms with Crippen molar-refractivity contribution in [1.82, 2.24) is 19.5 Å². The van der Waals surface area contributed by atoms with E-state index in [2.05, 4.69) is 20.3 Å². The van der Waals surface area contributed by atoms with Crippen molar-refractivity contribution >= 4 is 11.6 Å². The Balaban J connectivity index is 2.25. The highest BCUT2D eigenvalue weighted by atomic mass is 16.2. The van der Waals surface area contributed by atoms with E-state index < -0.39 is 5.41 Å². The van der Waals surface area contributed by atoms with Gasteiger partial charge in [0.15, 0.2) is 0 Å². The van der Waals surface area contributed by atoms with E-state index in [1.165, 1.54) is 0 Å². The standard InChI is InChI=1S/C15H21N5O/c1-9-10(2)20(11(3)18-9)14-16-7-12(8-17-14)19-13(21)15(4,5)6/h7-8H,1-6H3,(H,19,21). The summed E-state index contributed by atoms with van der Waals surface area (Å²) in [4.78, 5) is 25.0. The zero-order chi connectivity index (χ0) is 15.8. The molecule has 2 aromatic rings. The lowest BCUT2D eigenvalue weighted by Gasteiger charge is -2.17. The van der Waals surface area contributed by atoms with E-state index in [0.717, 1.165) is 17.2 Å². The Morgan fingerprint density at radius 2 is 1.71 bits per heavy atom. The van der Waals surface area contributed by atoms with Crippen LogP contribution in [0.3, 0.4) is 0 Å².